The van der Waals surface area contributed by atoms with Gasteiger partial charge in [-0.25, -0.2) is 0 Å². The molecular formula is C12H16N2O3. The molecule has 1 aromatic rings. The van der Waals surface area contributed by atoms with Gasteiger partial charge in [-0.1, -0.05) is 6.07 Å². The van der Waals surface area contributed by atoms with Gasteiger partial charge in [0, 0.05) is 31.6 Å². The number of hydrogen-bond donors (Lipinski definition) is 1. The number of morpholine rings is 1. The van der Waals surface area contributed by atoms with E-state index in [4.69, 9.17) is 4.74 Å². The Morgan fingerprint density at radius 3 is 3.00 bits per heavy atom. The van der Waals surface area contributed by atoms with E-state index < -0.39 is 0 Å². The summed E-state index contributed by atoms with van der Waals surface area (Å²) in [5.74, 6) is 0. The molecule has 0 bridgehead atoms. The second-order valence-corrected chi connectivity index (χ2v) is 4.27. The predicted molar refractivity (Wildman–Crippen MR) is 64.1 cm³/mol. The maximum absolute atomic E-state index is 10.6. The maximum atomic E-state index is 10.6. The van der Waals surface area contributed by atoms with Crippen molar-refractivity contribution in [1.82, 2.24) is 5.32 Å². The van der Waals surface area contributed by atoms with Crippen LogP contribution in [0.2, 0.25) is 0 Å². The van der Waals surface area contributed by atoms with Crippen molar-refractivity contribution in [2.75, 3.05) is 19.7 Å². The number of rotatable bonds is 3. The van der Waals surface area contributed by atoms with Crippen LogP contribution in [0.5, 0.6) is 0 Å². The molecule has 1 heterocycles. The average molecular weight is 236 g/mol. The van der Waals surface area contributed by atoms with Crippen LogP contribution >= 0.6 is 0 Å². The summed E-state index contributed by atoms with van der Waals surface area (Å²) in [5, 5.41) is 13.9. The van der Waals surface area contributed by atoms with Crippen molar-refractivity contribution in [3.8, 4) is 0 Å². The summed E-state index contributed by atoms with van der Waals surface area (Å²) in [7, 11) is 0. The molecule has 1 N–H and O–H groups in total. The zero-order valence-electron chi connectivity index (χ0n) is 9.81. The lowest BCUT2D eigenvalue weighted by Crippen LogP contribution is -2.39. The van der Waals surface area contributed by atoms with Crippen molar-refractivity contribution < 1.29 is 9.66 Å². The highest BCUT2D eigenvalue weighted by atomic mass is 16.6. The van der Waals surface area contributed by atoms with Crippen LogP contribution < -0.4 is 5.32 Å². The first-order chi connectivity index (χ1) is 8.16. The lowest BCUT2D eigenvalue weighted by molar-refractivity contribution is -0.384. The largest absolute Gasteiger partial charge is 0.375 e. The zero-order valence-corrected chi connectivity index (χ0v) is 9.81. The second-order valence-electron chi connectivity index (χ2n) is 4.27. The molecule has 0 radical (unpaired) electrons. The lowest BCUT2D eigenvalue weighted by Gasteiger charge is -2.24. The van der Waals surface area contributed by atoms with Gasteiger partial charge in [-0.15, -0.1) is 0 Å². The molecule has 0 amide bonds. The summed E-state index contributed by atoms with van der Waals surface area (Å²) in [4.78, 5) is 10.3. The first-order valence-corrected chi connectivity index (χ1v) is 5.73. The van der Waals surface area contributed by atoms with Gasteiger partial charge < -0.3 is 10.1 Å². The van der Waals surface area contributed by atoms with Crippen molar-refractivity contribution in [3.63, 3.8) is 0 Å². The van der Waals surface area contributed by atoms with Crippen LogP contribution in [-0.4, -0.2) is 30.7 Å². The third-order valence-electron chi connectivity index (χ3n) is 2.99. The van der Waals surface area contributed by atoms with Gasteiger partial charge in [0.15, 0.2) is 0 Å². The van der Waals surface area contributed by atoms with E-state index in [9.17, 15) is 10.1 Å². The smallest absolute Gasteiger partial charge is 0.269 e. The Kier molecular flexibility index (Phi) is 3.71. The minimum atomic E-state index is -0.366. The molecule has 17 heavy (non-hydrogen) atoms. The van der Waals surface area contributed by atoms with E-state index in [1.165, 1.54) is 0 Å². The van der Waals surface area contributed by atoms with E-state index in [1.807, 2.05) is 13.0 Å². The normalized spacial score (nSPS) is 20.2. The Bertz CT molecular complexity index is 414. The molecule has 0 aromatic heterocycles. The van der Waals surface area contributed by atoms with Gasteiger partial charge in [0.1, 0.15) is 0 Å². The van der Waals surface area contributed by atoms with Crippen LogP contribution in [-0.2, 0) is 11.2 Å². The molecule has 1 fully saturated rings. The van der Waals surface area contributed by atoms with Crippen LogP contribution in [0.3, 0.4) is 0 Å². The molecule has 1 unspecified atom stereocenters. The second kappa shape index (κ2) is 5.25. The van der Waals surface area contributed by atoms with Gasteiger partial charge in [0.25, 0.3) is 5.69 Å². The highest BCUT2D eigenvalue weighted by Gasteiger charge is 2.16. The van der Waals surface area contributed by atoms with Crippen molar-refractivity contribution in [3.05, 3.63) is 39.4 Å². The molecule has 1 saturated heterocycles. The van der Waals surface area contributed by atoms with Gasteiger partial charge in [-0.3, -0.25) is 10.1 Å². The number of nitro benzene ring substituents is 1. The number of hydrogen-bond acceptors (Lipinski definition) is 4. The summed E-state index contributed by atoms with van der Waals surface area (Å²) >= 11 is 0. The standard InChI is InChI=1S/C12H16N2O3/c1-9-6-11(14(15)16)3-2-10(9)7-12-8-13-4-5-17-12/h2-3,6,12-13H,4-5,7-8H2,1H3. The number of nitrogens with one attached hydrogen (secondary N) is 1. The quantitative estimate of drug-likeness (QED) is 0.637. The van der Waals surface area contributed by atoms with E-state index in [0.29, 0.717) is 0 Å². The Morgan fingerprint density at radius 1 is 1.59 bits per heavy atom. The highest BCUT2D eigenvalue weighted by molar-refractivity contribution is 5.39. The Balaban J connectivity index is 2.08. The minimum Gasteiger partial charge on any atom is -0.375 e. The SMILES string of the molecule is Cc1cc([N+](=O)[O-])ccc1CC1CNCCO1. The van der Waals surface area contributed by atoms with Crippen LogP contribution in [0.1, 0.15) is 11.1 Å². The number of ether oxygens (including phenoxy) is 1. The number of non-ortho nitro benzene ring substituents is 1. The molecule has 5 nitrogen and oxygen atoms in total. The Morgan fingerprint density at radius 2 is 2.41 bits per heavy atom. The van der Waals surface area contributed by atoms with E-state index in [0.717, 1.165) is 37.2 Å². The highest BCUT2D eigenvalue weighted by Crippen LogP contribution is 2.19. The molecule has 0 spiro atoms. The summed E-state index contributed by atoms with van der Waals surface area (Å²) < 4.78 is 5.62. The van der Waals surface area contributed by atoms with Crippen molar-refractivity contribution in [1.29, 1.82) is 0 Å². The van der Waals surface area contributed by atoms with Crippen LogP contribution in [0, 0.1) is 17.0 Å². The van der Waals surface area contributed by atoms with Gasteiger partial charge in [-0.05, 0) is 18.1 Å². The zero-order chi connectivity index (χ0) is 12.3. The summed E-state index contributed by atoms with van der Waals surface area (Å²) in [6.45, 7) is 4.38. The topological polar surface area (TPSA) is 64.4 Å². The van der Waals surface area contributed by atoms with Crippen molar-refractivity contribution >= 4 is 5.69 Å². The molecule has 92 valence electrons. The fourth-order valence-electron chi connectivity index (χ4n) is 2.02. The molecule has 1 aliphatic rings. The predicted octanol–water partition coefficient (Wildman–Crippen LogP) is 1.43. The fraction of sp³-hybridized carbons (Fsp3) is 0.500. The van der Waals surface area contributed by atoms with Crippen LogP contribution in [0.15, 0.2) is 18.2 Å². The Labute approximate surface area is 99.9 Å². The van der Waals surface area contributed by atoms with Crippen LogP contribution in [0.4, 0.5) is 5.69 Å². The Hall–Kier alpha value is -1.46. The fourth-order valence-corrected chi connectivity index (χ4v) is 2.02. The number of aryl methyl sites for hydroxylation is 1. The van der Waals surface area contributed by atoms with E-state index >= 15 is 0 Å². The molecule has 1 aromatic carbocycles. The van der Waals surface area contributed by atoms with Gasteiger partial charge in [-0.2, -0.15) is 0 Å². The molecule has 1 atom stereocenters. The summed E-state index contributed by atoms with van der Waals surface area (Å²) in [6.07, 6.45) is 0.973. The lowest BCUT2D eigenvalue weighted by atomic mass is 10.0. The third-order valence-corrected chi connectivity index (χ3v) is 2.99. The third kappa shape index (κ3) is 3.01. The van der Waals surface area contributed by atoms with Crippen molar-refractivity contribution in [2.24, 2.45) is 0 Å². The minimum absolute atomic E-state index is 0.147. The van der Waals surface area contributed by atoms with E-state index in [-0.39, 0.29) is 16.7 Å². The number of benzene rings is 1. The van der Waals surface area contributed by atoms with Gasteiger partial charge in [0.2, 0.25) is 0 Å². The maximum Gasteiger partial charge on any atom is 0.269 e. The van der Waals surface area contributed by atoms with Gasteiger partial charge >= 0.3 is 0 Å². The number of nitro groups is 1. The van der Waals surface area contributed by atoms with Gasteiger partial charge in [0.05, 0.1) is 17.6 Å². The monoisotopic (exact) mass is 236 g/mol. The first kappa shape index (κ1) is 12.0. The molecule has 0 saturated carbocycles. The molecule has 0 aliphatic carbocycles. The summed E-state index contributed by atoms with van der Waals surface area (Å²) in [5.41, 5.74) is 2.21. The van der Waals surface area contributed by atoms with E-state index in [1.54, 1.807) is 12.1 Å². The molecule has 2 rings (SSSR count). The van der Waals surface area contributed by atoms with Crippen LogP contribution in [0.25, 0.3) is 0 Å². The molecular weight excluding hydrogens is 220 g/mol. The van der Waals surface area contributed by atoms with Crippen molar-refractivity contribution in [2.45, 2.75) is 19.4 Å². The summed E-state index contributed by atoms with van der Waals surface area (Å²) in [6, 6.07) is 5.00. The average Bonchev–Trinajstić information content (AvgIpc) is 2.33. The molecule has 5 heteroatoms. The van der Waals surface area contributed by atoms with E-state index in [2.05, 4.69) is 5.32 Å². The molecule has 1 aliphatic heterocycles. The first-order valence-electron chi connectivity index (χ1n) is 5.73. The number of nitrogens with zero attached hydrogens (tertiary/aromatic N) is 1.